The fourth-order valence-corrected chi connectivity index (χ4v) is 3.88. The van der Waals surface area contributed by atoms with Crippen molar-refractivity contribution in [2.45, 2.75) is 18.7 Å². The summed E-state index contributed by atoms with van der Waals surface area (Å²) in [7, 11) is 0. The van der Waals surface area contributed by atoms with Gasteiger partial charge in [-0.1, -0.05) is 28.1 Å². The summed E-state index contributed by atoms with van der Waals surface area (Å²) in [4.78, 5) is 0. The van der Waals surface area contributed by atoms with Crippen LogP contribution in [0.25, 0.3) is 0 Å². The van der Waals surface area contributed by atoms with Crippen LogP contribution in [0.1, 0.15) is 35.6 Å². The lowest BCUT2D eigenvalue weighted by atomic mass is 9.97. The standard InChI is InChI=1S/C20H14BrFN2O2/c21-13-5-8-18-15(10-13)17-11-16(19-2-1-9-25-19)23-24(17)20(26-18)12-3-6-14(22)7-4-12/h1-10,17,20H,11H2/t17-,20-/m0/s1. The number of fused-ring (bicyclic) bond motifs is 3. The molecule has 0 unspecified atom stereocenters. The fraction of sp³-hybridized carbons (Fsp3) is 0.150. The second-order valence-corrected chi connectivity index (χ2v) is 7.24. The van der Waals surface area contributed by atoms with Gasteiger partial charge in [-0.3, -0.25) is 0 Å². The van der Waals surface area contributed by atoms with Gasteiger partial charge in [0.2, 0.25) is 6.23 Å². The number of hydrogen-bond acceptors (Lipinski definition) is 4. The summed E-state index contributed by atoms with van der Waals surface area (Å²) in [5.41, 5.74) is 2.81. The Morgan fingerprint density at radius 3 is 2.73 bits per heavy atom. The third-order valence-electron chi connectivity index (χ3n) is 4.71. The zero-order valence-corrected chi connectivity index (χ0v) is 15.2. The molecule has 6 heteroatoms. The van der Waals surface area contributed by atoms with Crippen molar-refractivity contribution in [1.29, 1.82) is 0 Å². The molecule has 130 valence electrons. The summed E-state index contributed by atoms with van der Waals surface area (Å²) < 4.78 is 26.1. The van der Waals surface area contributed by atoms with E-state index in [9.17, 15) is 4.39 Å². The Labute approximate surface area is 158 Å². The number of ether oxygens (including phenoxy) is 1. The molecule has 0 bridgehead atoms. The van der Waals surface area contributed by atoms with Crippen molar-refractivity contribution in [3.05, 3.63) is 88.0 Å². The van der Waals surface area contributed by atoms with Crippen LogP contribution in [0, 0.1) is 5.82 Å². The quantitative estimate of drug-likeness (QED) is 0.563. The van der Waals surface area contributed by atoms with Crippen LogP contribution >= 0.6 is 15.9 Å². The van der Waals surface area contributed by atoms with Gasteiger partial charge in [0.15, 0.2) is 0 Å². The van der Waals surface area contributed by atoms with Gasteiger partial charge in [0.1, 0.15) is 23.0 Å². The molecular formula is C20H14BrFN2O2. The van der Waals surface area contributed by atoms with Gasteiger partial charge in [-0.05, 0) is 42.5 Å². The second kappa shape index (κ2) is 5.99. The highest BCUT2D eigenvalue weighted by atomic mass is 79.9. The van der Waals surface area contributed by atoms with E-state index in [1.807, 2.05) is 29.3 Å². The summed E-state index contributed by atoms with van der Waals surface area (Å²) >= 11 is 3.54. The monoisotopic (exact) mass is 412 g/mol. The lowest BCUT2D eigenvalue weighted by Gasteiger charge is -2.38. The van der Waals surface area contributed by atoms with E-state index >= 15 is 0 Å². The van der Waals surface area contributed by atoms with E-state index in [2.05, 4.69) is 22.0 Å². The summed E-state index contributed by atoms with van der Waals surface area (Å²) in [6.07, 6.45) is 1.95. The van der Waals surface area contributed by atoms with Gasteiger partial charge in [0, 0.05) is 22.0 Å². The first-order chi connectivity index (χ1) is 12.7. The molecule has 0 amide bonds. The maximum absolute atomic E-state index is 13.4. The van der Waals surface area contributed by atoms with E-state index < -0.39 is 6.23 Å². The average molecular weight is 413 g/mol. The topological polar surface area (TPSA) is 38.0 Å². The molecule has 3 aromatic rings. The molecule has 2 atom stereocenters. The zero-order valence-electron chi connectivity index (χ0n) is 13.6. The molecule has 0 aliphatic carbocycles. The second-order valence-electron chi connectivity index (χ2n) is 6.33. The number of halogens is 2. The molecule has 2 aliphatic heterocycles. The van der Waals surface area contributed by atoms with E-state index in [1.54, 1.807) is 18.4 Å². The predicted molar refractivity (Wildman–Crippen MR) is 98.4 cm³/mol. The van der Waals surface area contributed by atoms with Crippen LogP contribution in [0.5, 0.6) is 5.75 Å². The van der Waals surface area contributed by atoms with E-state index in [-0.39, 0.29) is 11.9 Å². The maximum atomic E-state index is 13.4. The van der Waals surface area contributed by atoms with Crippen LogP contribution in [0.15, 0.2) is 74.9 Å². The number of hydrazone groups is 1. The first-order valence-electron chi connectivity index (χ1n) is 8.30. The van der Waals surface area contributed by atoms with Crippen LogP contribution in [0.3, 0.4) is 0 Å². The van der Waals surface area contributed by atoms with Gasteiger partial charge in [-0.25, -0.2) is 9.40 Å². The molecule has 4 nitrogen and oxygen atoms in total. The molecule has 0 saturated heterocycles. The van der Waals surface area contributed by atoms with Gasteiger partial charge in [0.25, 0.3) is 0 Å². The Bertz CT molecular complexity index is 986. The number of furan rings is 1. The zero-order chi connectivity index (χ0) is 17.7. The van der Waals surface area contributed by atoms with Crippen molar-refractivity contribution in [3.8, 4) is 5.75 Å². The Balaban J connectivity index is 1.61. The summed E-state index contributed by atoms with van der Waals surface area (Å²) in [6, 6.07) is 16.1. The van der Waals surface area contributed by atoms with Crippen molar-refractivity contribution in [3.63, 3.8) is 0 Å². The van der Waals surface area contributed by atoms with E-state index in [4.69, 9.17) is 14.3 Å². The molecule has 0 spiro atoms. The third-order valence-corrected chi connectivity index (χ3v) is 5.21. The molecule has 0 N–H and O–H groups in total. The number of hydrogen-bond donors (Lipinski definition) is 0. The Hall–Kier alpha value is -2.60. The molecule has 3 heterocycles. The smallest absolute Gasteiger partial charge is 0.213 e. The molecule has 0 fully saturated rings. The molecule has 2 aromatic carbocycles. The minimum absolute atomic E-state index is 0.0337. The average Bonchev–Trinajstić information content (AvgIpc) is 3.32. The minimum atomic E-state index is -0.415. The normalized spacial score (nSPS) is 21.0. The Morgan fingerprint density at radius 1 is 1.12 bits per heavy atom. The van der Waals surface area contributed by atoms with Crippen molar-refractivity contribution in [2.24, 2.45) is 5.10 Å². The largest absolute Gasteiger partial charge is 0.464 e. The van der Waals surface area contributed by atoms with E-state index in [0.717, 1.165) is 39.2 Å². The van der Waals surface area contributed by atoms with E-state index in [1.165, 1.54) is 12.1 Å². The van der Waals surface area contributed by atoms with Crippen LogP contribution in [-0.2, 0) is 0 Å². The van der Waals surface area contributed by atoms with Crippen molar-refractivity contribution in [2.75, 3.05) is 0 Å². The maximum Gasteiger partial charge on any atom is 0.213 e. The van der Waals surface area contributed by atoms with Crippen LogP contribution in [0.4, 0.5) is 4.39 Å². The fourth-order valence-electron chi connectivity index (χ4n) is 3.50. The molecule has 26 heavy (non-hydrogen) atoms. The Kier molecular flexibility index (Phi) is 3.60. The van der Waals surface area contributed by atoms with Gasteiger partial charge < -0.3 is 9.15 Å². The van der Waals surface area contributed by atoms with Crippen molar-refractivity contribution < 1.29 is 13.5 Å². The highest BCUT2D eigenvalue weighted by Gasteiger charge is 2.41. The number of rotatable bonds is 2. The molecule has 1 aromatic heterocycles. The SMILES string of the molecule is Fc1ccc([C@@H]2Oc3ccc(Br)cc3[C@@H]3CC(c4ccco4)=NN32)cc1. The van der Waals surface area contributed by atoms with Crippen LogP contribution < -0.4 is 4.74 Å². The van der Waals surface area contributed by atoms with Gasteiger partial charge >= 0.3 is 0 Å². The highest BCUT2D eigenvalue weighted by Crippen LogP contribution is 2.48. The predicted octanol–water partition coefficient (Wildman–Crippen LogP) is 5.42. The summed E-state index contributed by atoms with van der Waals surface area (Å²) in [5.74, 6) is 1.31. The summed E-state index contributed by atoms with van der Waals surface area (Å²) in [6.45, 7) is 0. The first-order valence-corrected chi connectivity index (χ1v) is 9.09. The lowest BCUT2D eigenvalue weighted by Crippen LogP contribution is -2.33. The van der Waals surface area contributed by atoms with E-state index in [0.29, 0.717) is 0 Å². The minimum Gasteiger partial charge on any atom is -0.464 e. The number of nitrogens with zero attached hydrogens (tertiary/aromatic N) is 2. The van der Waals surface area contributed by atoms with Crippen LogP contribution in [0.2, 0.25) is 0 Å². The lowest BCUT2D eigenvalue weighted by molar-refractivity contribution is -0.0191. The molecule has 0 radical (unpaired) electrons. The van der Waals surface area contributed by atoms with Gasteiger partial charge in [-0.15, -0.1) is 0 Å². The molecule has 2 aliphatic rings. The van der Waals surface area contributed by atoms with Gasteiger partial charge in [0.05, 0.1) is 12.3 Å². The van der Waals surface area contributed by atoms with Crippen molar-refractivity contribution >= 4 is 21.6 Å². The number of benzene rings is 2. The third kappa shape index (κ3) is 2.52. The summed E-state index contributed by atoms with van der Waals surface area (Å²) in [5, 5.41) is 6.73. The van der Waals surface area contributed by atoms with Crippen molar-refractivity contribution in [1.82, 2.24) is 5.01 Å². The molecule has 0 saturated carbocycles. The first kappa shape index (κ1) is 15.6. The van der Waals surface area contributed by atoms with Gasteiger partial charge in [-0.2, -0.15) is 5.10 Å². The molecule has 5 rings (SSSR count). The van der Waals surface area contributed by atoms with Crippen LogP contribution in [-0.4, -0.2) is 10.7 Å². The molecular weight excluding hydrogens is 399 g/mol. The Morgan fingerprint density at radius 2 is 1.96 bits per heavy atom. The highest BCUT2D eigenvalue weighted by molar-refractivity contribution is 9.10.